The molecule has 0 bridgehead atoms. The molecule has 0 radical (unpaired) electrons. The Balaban J connectivity index is 1.31. The standard InChI is InChI=1S/C30H31N5O6S/c1-19(39-20(2)37)28(38)31-24-14-12-23(13-15-24)29-40-26(16-27(41-29)22-10-8-21(17-36)9-11-22)18-42-30-32-33-34-35(30)25-6-4-3-5-7-25/h3-15,19,26-27,29,36H,16-18H2,1-2H3,(H,31,38)/t19-,26+,27-,29-/m0/s1. The van der Waals surface area contributed by atoms with Gasteiger partial charge in [-0.25, -0.2) is 0 Å². The maximum Gasteiger partial charge on any atom is 0.303 e. The van der Waals surface area contributed by atoms with Crippen LogP contribution in [0.5, 0.6) is 0 Å². The van der Waals surface area contributed by atoms with Crippen molar-refractivity contribution in [1.82, 2.24) is 20.2 Å². The number of para-hydroxylation sites is 1. The summed E-state index contributed by atoms with van der Waals surface area (Å²) in [5, 5.41) is 25.1. The zero-order chi connectivity index (χ0) is 29.5. The van der Waals surface area contributed by atoms with Crippen LogP contribution in [0.15, 0.2) is 84.0 Å². The zero-order valence-electron chi connectivity index (χ0n) is 23.1. The van der Waals surface area contributed by atoms with E-state index >= 15 is 0 Å². The molecule has 1 aliphatic rings. The molecule has 2 heterocycles. The van der Waals surface area contributed by atoms with Crippen molar-refractivity contribution in [2.45, 2.75) is 56.6 Å². The third-order valence-corrected chi connectivity index (χ3v) is 7.67. The minimum atomic E-state index is -0.911. The number of esters is 1. The van der Waals surface area contributed by atoms with Crippen molar-refractivity contribution in [2.24, 2.45) is 0 Å². The second-order valence-corrected chi connectivity index (χ2v) is 10.7. The second kappa shape index (κ2) is 13.7. The molecule has 218 valence electrons. The summed E-state index contributed by atoms with van der Waals surface area (Å²) >= 11 is 1.50. The lowest BCUT2D eigenvalue weighted by molar-refractivity contribution is -0.245. The van der Waals surface area contributed by atoms with Crippen LogP contribution >= 0.6 is 11.8 Å². The van der Waals surface area contributed by atoms with E-state index in [9.17, 15) is 14.7 Å². The van der Waals surface area contributed by atoms with Crippen LogP contribution in [0.2, 0.25) is 0 Å². The number of tetrazole rings is 1. The molecular weight excluding hydrogens is 558 g/mol. The molecule has 0 saturated carbocycles. The molecule has 2 N–H and O–H groups in total. The molecule has 11 nitrogen and oxygen atoms in total. The fourth-order valence-electron chi connectivity index (χ4n) is 4.46. The molecule has 0 spiro atoms. The van der Waals surface area contributed by atoms with E-state index in [2.05, 4.69) is 20.8 Å². The molecule has 4 aromatic rings. The number of carbonyl (C=O) groups excluding carboxylic acids is 2. The number of hydrogen-bond acceptors (Lipinski definition) is 10. The highest BCUT2D eigenvalue weighted by Crippen LogP contribution is 2.39. The van der Waals surface area contributed by atoms with Gasteiger partial charge in [0.05, 0.1) is 24.5 Å². The third kappa shape index (κ3) is 7.39. The van der Waals surface area contributed by atoms with Crippen molar-refractivity contribution in [3.63, 3.8) is 0 Å². The van der Waals surface area contributed by atoms with Gasteiger partial charge in [-0.05, 0) is 52.7 Å². The molecule has 5 rings (SSSR count). The van der Waals surface area contributed by atoms with Crippen LogP contribution in [-0.2, 0) is 30.4 Å². The summed E-state index contributed by atoms with van der Waals surface area (Å²) in [7, 11) is 0. The van der Waals surface area contributed by atoms with Gasteiger partial charge in [0.2, 0.25) is 5.16 Å². The number of ether oxygens (including phenoxy) is 3. The van der Waals surface area contributed by atoms with Crippen LogP contribution < -0.4 is 5.32 Å². The summed E-state index contributed by atoms with van der Waals surface area (Å²) in [4.78, 5) is 23.5. The van der Waals surface area contributed by atoms with E-state index in [0.717, 1.165) is 22.4 Å². The largest absolute Gasteiger partial charge is 0.453 e. The number of aliphatic hydroxyl groups excluding tert-OH is 1. The van der Waals surface area contributed by atoms with Gasteiger partial charge >= 0.3 is 5.97 Å². The van der Waals surface area contributed by atoms with Gasteiger partial charge in [0.15, 0.2) is 12.4 Å². The van der Waals surface area contributed by atoms with Crippen molar-refractivity contribution < 1.29 is 28.9 Å². The maximum absolute atomic E-state index is 12.3. The van der Waals surface area contributed by atoms with E-state index in [1.165, 1.54) is 25.6 Å². The van der Waals surface area contributed by atoms with E-state index in [-0.39, 0.29) is 18.8 Å². The Morgan fingerprint density at radius 3 is 2.45 bits per heavy atom. The Hall–Kier alpha value is -4.10. The van der Waals surface area contributed by atoms with Crippen molar-refractivity contribution in [3.05, 3.63) is 95.6 Å². The summed E-state index contributed by atoms with van der Waals surface area (Å²) in [6.07, 6.45) is -1.41. The van der Waals surface area contributed by atoms with Gasteiger partial charge in [0.1, 0.15) is 0 Å². The monoisotopic (exact) mass is 589 g/mol. The zero-order valence-corrected chi connectivity index (χ0v) is 23.9. The molecule has 1 amide bonds. The predicted octanol–water partition coefficient (Wildman–Crippen LogP) is 4.38. The summed E-state index contributed by atoms with van der Waals surface area (Å²) in [6.45, 7) is 2.74. The molecule has 1 aliphatic heterocycles. The van der Waals surface area contributed by atoms with E-state index in [4.69, 9.17) is 14.2 Å². The number of nitrogens with one attached hydrogen (secondary N) is 1. The van der Waals surface area contributed by atoms with Crippen LogP contribution in [-0.4, -0.2) is 55.2 Å². The average molecular weight is 590 g/mol. The van der Waals surface area contributed by atoms with E-state index in [1.807, 2.05) is 66.7 Å². The van der Waals surface area contributed by atoms with Crippen molar-refractivity contribution in [2.75, 3.05) is 11.1 Å². The van der Waals surface area contributed by atoms with Gasteiger partial charge in [0, 0.05) is 30.3 Å². The highest BCUT2D eigenvalue weighted by Gasteiger charge is 2.32. The Morgan fingerprint density at radius 1 is 1.05 bits per heavy atom. The summed E-state index contributed by atoms with van der Waals surface area (Å²) < 4.78 is 19.5. The van der Waals surface area contributed by atoms with Gasteiger partial charge in [-0.2, -0.15) is 4.68 Å². The topological polar surface area (TPSA) is 138 Å². The van der Waals surface area contributed by atoms with Crippen molar-refractivity contribution in [1.29, 1.82) is 0 Å². The molecule has 42 heavy (non-hydrogen) atoms. The van der Waals surface area contributed by atoms with Gasteiger partial charge in [-0.15, -0.1) is 5.10 Å². The number of anilines is 1. The Morgan fingerprint density at radius 2 is 1.76 bits per heavy atom. The minimum absolute atomic E-state index is 0.0323. The van der Waals surface area contributed by atoms with Crippen molar-refractivity contribution in [3.8, 4) is 5.69 Å². The van der Waals surface area contributed by atoms with Crippen LogP contribution in [0, 0.1) is 0 Å². The van der Waals surface area contributed by atoms with Crippen LogP contribution in [0.25, 0.3) is 5.69 Å². The quantitative estimate of drug-likeness (QED) is 0.202. The summed E-state index contributed by atoms with van der Waals surface area (Å²) in [5.74, 6) is -0.366. The number of carbonyl (C=O) groups is 2. The first-order valence-corrected chi connectivity index (χ1v) is 14.4. The number of amides is 1. The smallest absolute Gasteiger partial charge is 0.303 e. The van der Waals surface area contributed by atoms with E-state index in [0.29, 0.717) is 23.0 Å². The molecule has 0 unspecified atom stereocenters. The van der Waals surface area contributed by atoms with Crippen LogP contribution in [0.3, 0.4) is 0 Å². The molecule has 4 atom stereocenters. The summed E-state index contributed by atoms with van der Waals surface area (Å²) in [6, 6.07) is 24.5. The predicted molar refractivity (Wildman–Crippen MR) is 155 cm³/mol. The molecule has 1 fully saturated rings. The lowest BCUT2D eigenvalue weighted by atomic mass is 10.0. The lowest BCUT2D eigenvalue weighted by Gasteiger charge is -2.36. The van der Waals surface area contributed by atoms with Crippen molar-refractivity contribution >= 4 is 29.3 Å². The van der Waals surface area contributed by atoms with E-state index in [1.54, 1.807) is 16.8 Å². The Kier molecular flexibility index (Phi) is 9.59. The molecule has 3 aromatic carbocycles. The van der Waals surface area contributed by atoms with Crippen LogP contribution in [0.4, 0.5) is 5.69 Å². The fourth-order valence-corrected chi connectivity index (χ4v) is 5.37. The second-order valence-electron chi connectivity index (χ2n) is 9.73. The third-order valence-electron chi connectivity index (χ3n) is 6.62. The normalized spacial score (nSPS) is 19.2. The van der Waals surface area contributed by atoms with E-state index < -0.39 is 24.3 Å². The number of nitrogens with zero attached hydrogens (tertiary/aromatic N) is 4. The van der Waals surface area contributed by atoms with Crippen LogP contribution in [0.1, 0.15) is 49.4 Å². The number of benzene rings is 3. The molecular formula is C30H31N5O6S. The lowest BCUT2D eigenvalue weighted by Crippen LogP contribution is -2.31. The van der Waals surface area contributed by atoms with Gasteiger partial charge in [0.25, 0.3) is 5.91 Å². The molecule has 1 saturated heterocycles. The fraction of sp³-hybridized carbons (Fsp3) is 0.300. The molecule has 12 heteroatoms. The first kappa shape index (κ1) is 29.4. The number of aliphatic hydroxyl groups is 1. The number of aromatic nitrogens is 4. The summed E-state index contributed by atoms with van der Waals surface area (Å²) in [5.41, 5.74) is 4.00. The Labute approximate surface area is 247 Å². The van der Waals surface area contributed by atoms with Gasteiger partial charge in [-0.1, -0.05) is 66.4 Å². The minimum Gasteiger partial charge on any atom is -0.453 e. The SMILES string of the molecule is CC(=O)O[C@@H](C)C(=O)Nc1ccc([C@H]2O[C@@H](CSc3nnnn3-c3ccccc3)C[C@@H](c3ccc(CO)cc3)O2)cc1. The first-order valence-electron chi connectivity index (χ1n) is 13.4. The van der Waals surface area contributed by atoms with Gasteiger partial charge in [-0.3, -0.25) is 9.59 Å². The maximum atomic E-state index is 12.3. The number of thioether (sulfide) groups is 1. The average Bonchev–Trinajstić information content (AvgIpc) is 3.49. The molecule has 0 aliphatic carbocycles. The Bertz CT molecular complexity index is 1480. The first-order chi connectivity index (χ1) is 20.4. The number of hydrogen-bond donors (Lipinski definition) is 2. The van der Waals surface area contributed by atoms with Gasteiger partial charge < -0.3 is 24.6 Å². The highest BCUT2D eigenvalue weighted by atomic mass is 32.2. The molecule has 1 aromatic heterocycles. The highest BCUT2D eigenvalue weighted by molar-refractivity contribution is 7.99. The number of rotatable bonds is 10.